The fraction of sp³-hybridized carbons (Fsp3) is 0.364. The van der Waals surface area contributed by atoms with Gasteiger partial charge in [0, 0.05) is 5.92 Å². The molecule has 1 unspecified atom stereocenters. The molecule has 1 atom stereocenters. The van der Waals surface area contributed by atoms with Gasteiger partial charge in [-0.15, -0.1) is 0 Å². The van der Waals surface area contributed by atoms with E-state index in [1.54, 1.807) is 6.92 Å². The molecule has 0 heterocycles. The van der Waals surface area contributed by atoms with E-state index in [-0.39, 0.29) is 12.5 Å². The van der Waals surface area contributed by atoms with Gasteiger partial charge in [0.15, 0.2) is 0 Å². The molecule has 4 rings (SSSR count). The van der Waals surface area contributed by atoms with Crippen LogP contribution in [0.5, 0.6) is 0 Å². The normalized spacial score (nSPS) is 17.5. The zero-order valence-electron chi connectivity index (χ0n) is 15.3. The fourth-order valence-corrected chi connectivity index (χ4v) is 3.95. The topological polar surface area (TPSA) is 75.6 Å². The number of alkyl carbamates (subject to hydrolysis) is 1. The van der Waals surface area contributed by atoms with Crippen molar-refractivity contribution in [1.82, 2.24) is 5.32 Å². The SMILES string of the molecule is CC(CC1CC1)(NC(=O)OCC1c2ccccc2-c2ccccc21)C(=O)O. The van der Waals surface area contributed by atoms with E-state index in [4.69, 9.17) is 4.74 Å². The highest BCUT2D eigenvalue weighted by molar-refractivity contribution is 5.84. The van der Waals surface area contributed by atoms with E-state index in [1.807, 2.05) is 24.3 Å². The Balaban J connectivity index is 1.47. The van der Waals surface area contributed by atoms with Crippen molar-refractivity contribution in [2.75, 3.05) is 6.61 Å². The van der Waals surface area contributed by atoms with Crippen LogP contribution in [0.25, 0.3) is 11.1 Å². The van der Waals surface area contributed by atoms with Gasteiger partial charge in [-0.25, -0.2) is 9.59 Å². The predicted molar refractivity (Wildman–Crippen MR) is 102 cm³/mol. The summed E-state index contributed by atoms with van der Waals surface area (Å²) in [4.78, 5) is 24.0. The van der Waals surface area contributed by atoms with E-state index in [2.05, 4.69) is 29.6 Å². The van der Waals surface area contributed by atoms with Crippen LogP contribution < -0.4 is 5.32 Å². The van der Waals surface area contributed by atoms with Gasteiger partial charge in [-0.3, -0.25) is 0 Å². The van der Waals surface area contributed by atoms with Crippen LogP contribution in [0.4, 0.5) is 4.79 Å². The molecule has 5 nitrogen and oxygen atoms in total. The molecule has 0 bridgehead atoms. The third kappa shape index (κ3) is 3.42. The molecule has 27 heavy (non-hydrogen) atoms. The molecule has 0 saturated heterocycles. The number of carbonyl (C=O) groups excluding carboxylic acids is 1. The lowest BCUT2D eigenvalue weighted by molar-refractivity contribution is -0.144. The van der Waals surface area contributed by atoms with Crippen LogP contribution >= 0.6 is 0 Å². The minimum Gasteiger partial charge on any atom is -0.480 e. The summed E-state index contributed by atoms with van der Waals surface area (Å²) in [6.07, 6.45) is 1.80. The van der Waals surface area contributed by atoms with E-state index in [0.717, 1.165) is 35.1 Å². The fourth-order valence-electron chi connectivity index (χ4n) is 3.95. The van der Waals surface area contributed by atoms with Crippen molar-refractivity contribution in [2.24, 2.45) is 5.92 Å². The summed E-state index contributed by atoms with van der Waals surface area (Å²) >= 11 is 0. The molecule has 1 saturated carbocycles. The van der Waals surface area contributed by atoms with Crippen LogP contribution in [0, 0.1) is 5.92 Å². The molecule has 140 valence electrons. The molecule has 5 heteroatoms. The first kappa shape index (κ1) is 17.6. The molecule has 2 aromatic rings. The van der Waals surface area contributed by atoms with E-state index in [9.17, 15) is 14.7 Å². The maximum Gasteiger partial charge on any atom is 0.408 e. The molecular formula is C22H23NO4. The van der Waals surface area contributed by atoms with Gasteiger partial charge in [0.05, 0.1) is 0 Å². The highest BCUT2D eigenvalue weighted by atomic mass is 16.5. The van der Waals surface area contributed by atoms with E-state index >= 15 is 0 Å². The van der Waals surface area contributed by atoms with Crippen molar-refractivity contribution >= 4 is 12.1 Å². The number of hydrogen-bond donors (Lipinski definition) is 2. The Hall–Kier alpha value is -2.82. The zero-order valence-corrected chi connectivity index (χ0v) is 15.3. The molecule has 2 aliphatic rings. The first-order valence-corrected chi connectivity index (χ1v) is 9.34. The second-order valence-corrected chi connectivity index (χ2v) is 7.74. The number of benzene rings is 2. The van der Waals surface area contributed by atoms with Gasteiger partial charge in [0.1, 0.15) is 12.1 Å². The molecule has 0 aromatic heterocycles. The summed E-state index contributed by atoms with van der Waals surface area (Å²) in [6, 6.07) is 16.2. The number of hydrogen-bond acceptors (Lipinski definition) is 3. The Bertz CT molecular complexity index is 844. The average molecular weight is 365 g/mol. The molecule has 2 aromatic carbocycles. The number of carboxylic acids is 1. The molecule has 2 aliphatic carbocycles. The van der Waals surface area contributed by atoms with Gasteiger partial charge in [-0.05, 0) is 41.5 Å². The molecule has 0 aliphatic heterocycles. The Morgan fingerprint density at radius 2 is 1.63 bits per heavy atom. The van der Waals surface area contributed by atoms with Gasteiger partial charge >= 0.3 is 12.1 Å². The third-order valence-electron chi connectivity index (χ3n) is 5.59. The van der Waals surface area contributed by atoms with Crippen molar-refractivity contribution in [3.63, 3.8) is 0 Å². The standard InChI is InChI=1S/C22H23NO4/c1-22(20(24)25,12-14-10-11-14)23-21(26)27-13-19-17-8-4-2-6-15(17)16-7-3-5-9-18(16)19/h2-9,14,19H,10-13H2,1H3,(H,23,26)(H,24,25). The van der Waals surface area contributed by atoms with Crippen molar-refractivity contribution in [3.05, 3.63) is 59.7 Å². The number of amides is 1. The molecule has 1 amide bonds. The number of carboxylic acid groups (broad SMARTS) is 1. The lowest BCUT2D eigenvalue weighted by Crippen LogP contribution is -2.52. The molecule has 2 N–H and O–H groups in total. The van der Waals surface area contributed by atoms with Crippen LogP contribution in [0.2, 0.25) is 0 Å². The number of aliphatic carboxylic acids is 1. The predicted octanol–water partition coefficient (Wildman–Crippen LogP) is 4.17. The largest absolute Gasteiger partial charge is 0.480 e. The lowest BCUT2D eigenvalue weighted by atomic mass is 9.95. The molecular weight excluding hydrogens is 342 g/mol. The minimum atomic E-state index is -1.29. The van der Waals surface area contributed by atoms with Crippen LogP contribution in [0.3, 0.4) is 0 Å². The monoisotopic (exact) mass is 365 g/mol. The number of fused-ring (bicyclic) bond motifs is 3. The highest BCUT2D eigenvalue weighted by Crippen LogP contribution is 2.44. The molecule has 1 fully saturated rings. The molecule has 0 spiro atoms. The van der Waals surface area contributed by atoms with Gasteiger partial charge in [0.2, 0.25) is 0 Å². The average Bonchev–Trinajstić information content (AvgIpc) is 3.40. The summed E-state index contributed by atoms with van der Waals surface area (Å²) < 4.78 is 5.47. The summed E-state index contributed by atoms with van der Waals surface area (Å²) in [7, 11) is 0. The van der Waals surface area contributed by atoms with Gasteiger partial charge < -0.3 is 15.2 Å². The van der Waals surface area contributed by atoms with Crippen molar-refractivity contribution in [1.29, 1.82) is 0 Å². The van der Waals surface area contributed by atoms with E-state index in [1.165, 1.54) is 0 Å². The summed E-state index contributed by atoms with van der Waals surface area (Å²) in [5.74, 6) is -0.689. The number of nitrogens with one attached hydrogen (secondary N) is 1. The first-order chi connectivity index (χ1) is 13.0. The van der Waals surface area contributed by atoms with Crippen LogP contribution in [0.15, 0.2) is 48.5 Å². The number of rotatable bonds is 6. The minimum absolute atomic E-state index is 0.0392. The quantitative estimate of drug-likeness (QED) is 0.806. The Labute approximate surface area is 158 Å². The Morgan fingerprint density at radius 1 is 1.07 bits per heavy atom. The molecule has 0 radical (unpaired) electrons. The second-order valence-electron chi connectivity index (χ2n) is 7.74. The summed E-state index contributed by atoms with van der Waals surface area (Å²) in [5, 5.41) is 12.1. The summed E-state index contributed by atoms with van der Waals surface area (Å²) in [6.45, 7) is 1.73. The Morgan fingerprint density at radius 3 is 2.15 bits per heavy atom. The Kier molecular flexibility index (Phi) is 4.38. The highest BCUT2D eigenvalue weighted by Gasteiger charge is 2.41. The number of carbonyl (C=O) groups is 2. The van der Waals surface area contributed by atoms with E-state index < -0.39 is 17.6 Å². The van der Waals surface area contributed by atoms with Crippen LogP contribution in [-0.2, 0) is 9.53 Å². The van der Waals surface area contributed by atoms with Gasteiger partial charge in [0.25, 0.3) is 0 Å². The maximum absolute atomic E-state index is 12.3. The van der Waals surface area contributed by atoms with Crippen LogP contribution in [0.1, 0.15) is 43.2 Å². The zero-order chi connectivity index (χ0) is 19.0. The van der Waals surface area contributed by atoms with Crippen molar-refractivity contribution in [2.45, 2.75) is 37.6 Å². The smallest absolute Gasteiger partial charge is 0.408 e. The van der Waals surface area contributed by atoms with Crippen molar-refractivity contribution < 1.29 is 19.4 Å². The van der Waals surface area contributed by atoms with Gasteiger partial charge in [-0.1, -0.05) is 61.4 Å². The van der Waals surface area contributed by atoms with E-state index in [0.29, 0.717) is 12.3 Å². The lowest BCUT2D eigenvalue weighted by Gasteiger charge is -2.26. The maximum atomic E-state index is 12.3. The number of ether oxygens (including phenoxy) is 1. The van der Waals surface area contributed by atoms with Gasteiger partial charge in [-0.2, -0.15) is 0 Å². The third-order valence-corrected chi connectivity index (χ3v) is 5.59. The second kappa shape index (κ2) is 6.72. The van der Waals surface area contributed by atoms with Crippen LogP contribution in [-0.4, -0.2) is 29.3 Å². The first-order valence-electron chi connectivity index (χ1n) is 9.34. The van der Waals surface area contributed by atoms with Crippen molar-refractivity contribution in [3.8, 4) is 11.1 Å². The summed E-state index contributed by atoms with van der Waals surface area (Å²) in [5.41, 5.74) is 3.29.